The van der Waals surface area contributed by atoms with Crippen molar-refractivity contribution < 1.29 is 23.8 Å². The van der Waals surface area contributed by atoms with Crippen molar-refractivity contribution in [2.45, 2.75) is 284 Å². The lowest BCUT2D eigenvalue weighted by Crippen LogP contribution is -2.30. The third kappa shape index (κ3) is 54.0. The number of esters is 2. The summed E-state index contributed by atoms with van der Waals surface area (Å²) in [6.07, 6.45) is 73.5. The summed E-state index contributed by atoms with van der Waals surface area (Å²) in [6, 6.07) is 0. The third-order valence-corrected chi connectivity index (χ3v) is 12.2. The first-order chi connectivity index (χ1) is 32.6. The van der Waals surface area contributed by atoms with Crippen LogP contribution in [0.4, 0.5) is 0 Å². The van der Waals surface area contributed by atoms with Crippen molar-refractivity contribution in [1.29, 1.82) is 0 Å². The molecule has 0 bridgehead atoms. The summed E-state index contributed by atoms with van der Waals surface area (Å²) < 4.78 is 17.4. The van der Waals surface area contributed by atoms with Gasteiger partial charge in [0.2, 0.25) is 0 Å². The fraction of sp³-hybridized carbons (Fsp3) is 0.770. The second kappa shape index (κ2) is 56.7. The van der Waals surface area contributed by atoms with E-state index in [0.717, 1.165) is 77.0 Å². The lowest BCUT2D eigenvalue weighted by molar-refractivity contribution is -0.163. The summed E-state index contributed by atoms with van der Waals surface area (Å²) in [5.74, 6) is -0.413. The molecule has 0 aromatic heterocycles. The molecule has 66 heavy (non-hydrogen) atoms. The zero-order chi connectivity index (χ0) is 47.7. The number of hydrogen-bond acceptors (Lipinski definition) is 5. The summed E-state index contributed by atoms with van der Waals surface area (Å²) in [7, 11) is 0. The maximum Gasteiger partial charge on any atom is 0.306 e. The van der Waals surface area contributed by atoms with Gasteiger partial charge in [-0.2, -0.15) is 0 Å². The van der Waals surface area contributed by atoms with Crippen LogP contribution in [0.25, 0.3) is 0 Å². The highest BCUT2D eigenvalue weighted by Crippen LogP contribution is 2.15. The molecule has 0 rings (SSSR count). The van der Waals surface area contributed by atoms with E-state index in [1.165, 1.54) is 167 Å². The molecule has 0 aliphatic heterocycles. The number of hydrogen-bond donors (Lipinski definition) is 0. The Morgan fingerprint density at radius 1 is 0.348 bits per heavy atom. The third-order valence-electron chi connectivity index (χ3n) is 12.2. The molecule has 382 valence electrons. The van der Waals surface area contributed by atoms with Gasteiger partial charge in [0, 0.05) is 19.4 Å². The first-order valence-corrected chi connectivity index (χ1v) is 28.5. The standard InChI is InChI=1S/C61H108O5/c1-4-7-10-13-16-19-22-25-28-30-31-33-34-36-39-42-45-48-51-54-60(62)65-58-59(57-64-56-53-50-47-44-41-38-27-24-21-18-15-12-9-6-3)66-61(63)55-52-49-46-43-40-37-35-32-29-26-23-20-17-14-11-8-5-2/h9,12,16,18-19,21,25-29,38,59H,4-8,10-11,13-15,17,20,22-24,30-37,39-58H2,1-3H3/b12-9-,19-16-,21-18-,28-25-,29-26-,38-27-. The van der Waals surface area contributed by atoms with Crippen molar-refractivity contribution in [3.05, 3.63) is 72.9 Å². The summed E-state index contributed by atoms with van der Waals surface area (Å²) >= 11 is 0. The first-order valence-electron chi connectivity index (χ1n) is 28.5. The van der Waals surface area contributed by atoms with E-state index in [-0.39, 0.29) is 25.2 Å². The van der Waals surface area contributed by atoms with E-state index in [4.69, 9.17) is 14.2 Å². The summed E-state index contributed by atoms with van der Waals surface area (Å²) in [5.41, 5.74) is 0. The maximum absolute atomic E-state index is 12.8. The van der Waals surface area contributed by atoms with Gasteiger partial charge >= 0.3 is 11.9 Å². The molecule has 5 heteroatoms. The minimum absolute atomic E-state index is 0.0712. The van der Waals surface area contributed by atoms with Crippen LogP contribution < -0.4 is 0 Å². The molecule has 0 aromatic rings. The molecule has 0 N–H and O–H groups in total. The van der Waals surface area contributed by atoms with Crippen LogP contribution in [0.5, 0.6) is 0 Å². The number of carbonyl (C=O) groups excluding carboxylic acids is 2. The van der Waals surface area contributed by atoms with Crippen molar-refractivity contribution in [1.82, 2.24) is 0 Å². The van der Waals surface area contributed by atoms with Crippen LogP contribution in [0.2, 0.25) is 0 Å². The molecule has 0 heterocycles. The zero-order valence-electron chi connectivity index (χ0n) is 44.0. The Balaban J connectivity index is 4.29. The Morgan fingerprint density at radius 2 is 0.682 bits per heavy atom. The number of carbonyl (C=O) groups is 2. The Labute approximate surface area is 410 Å². The minimum atomic E-state index is -0.554. The normalized spacial score (nSPS) is 12.7. The molecule has 1 atom stereocenters. The molecule has 0 aromatic carbocycles. The first kappa shape index (κ1) is 63.3. The molecule has 0 aliphatic carbocycles. The predicted molar refractivity (Wildman–Crippen MR) is 288 cm³/mol. The van der Waals surface area contributed by atoms with E-state index < -0.39 is 6.10 Å². The van der Waals surface area contributed by atoms with Crippen molar-refractivity contribution >= 4 is 11.9 Å². The molecule has 0 saturated heterocycles. The fourth-order valence-electron chi connectivity index (χ4n) is 7.96. The van der Waals surface area contributed by atoms with Gasteiger partial charge < -0.3 is 14.2 Å². The van der Waals surface area contributed by atoms with E-state index in [1.54, 1.807) is 0 Å². The molecular weight excluding hydrogens is 813 g/mol. The number of rotatable bonds is 52. The van der Waals surface area contributed by atoms with Gasteiger partial charge in [-0.3, -0.25) is 9.59 Å². The predicted octanol–water partition coefficient (Wildman–Crippen LogP) is 19.5. The lowest BCUT2D eigenvalue weighted by Gasteiger charge is -2.18. The van der Waals surface area contributed by atoms with Gasteiger partial charge in [-0.15, -0.1) is 0 Å². The Hall–Kier alpha value is -2.66. The summed E-state index contributed by atoms with van der Waals surface area (Å²) in [4.78, 5) is 25.5. The summed E-state index contributed by atoms with van der Waals surface area (Å²) in [5, 5.41) is 0. The van der Waals surface area contributed by atoms with E-state index in [2.05, 4.69) is 93.7 Å². The Morgan fingerprint density at radius 3 is 1.14 bits per heavy atom. The molecule has 0 amide bonds. The van der Waals surface area contributed by atoms with Gasteiger partial charge in [0.05, 0.1) is 6.61 Å². The molecule has 0 fully saturated rings. The Kier molecular flexibility index (Phi) is 54.4. The summed E-state index contributed by atoms with van der Waals surface area (Å²) in [6.45, 7) is 7.66. The van der Waals surface area contributed by atoms with Crippen LogP contribution in [0.15, 0.2) is 72.9 Å². The largest absolute Gasteiger partial charge is 0.462 e. The topological polar surface area (TPSA) is 61.8 Å². The molecule has 1 unspecified atom stereocenters. The minimum Gasteiger partial charge on any atom is -0.462 e. The Bertz CT molecular complexity index is 1180. The highest BCUT2D eigenvalue weighted by atomic mass is 16.6. The van der Waals surface area contributed by atoms with Crippen LogP contribution in [0, 0.1) is 0 Å². The van der Waals surface area contributed by atoms with Crippen LogP contribution in [-0.4, -0.2) is 37.9 Å². The van der Waals surface area contributed by atoms with Gasteiger partial charge in [-0.1, -0.05) is 229 Å². The second-order valence-electron chi connectivity index (χ2n) is 18.8. The quantitative estimate of drug-likeness (QED) is 0.0346. The molecule has 0 saturated carbocycles. The second-order valence-corrected chi connectivity index (χ2v) is 18.8. The van der Waals surface area contributed by atoms with E-state index >= 15 is 0 Å². The van der Waals surface area contributed by atoms with Crippen molar-refractivity contribution in [3.63, 3.8) is 0 Å². The van der Waals surface area contributed by atoms with Crippen LogP contribution in [0.1, 0.15) is 278 Å². The molecule has 0 radical (unpaired) electrons. The van der Waals surface area contributed by atoms with Crippen LogP contribution in [0.3, 0.4) is 0 Å². The smallest absolute Gasteiger partial charge is 0.306 e. The van der Waals surface area contributed by atoms with Gasteiger partial charge in [-0.05, 0) is 109 Å². The number of unbranched alkanes of at least 4 members (excludes halogenated alkanes) is 29. The fourth-order valence-corrected chi connectivity index (χ4v) is 7.96. The highest BCUT2D eigenvalue weighted by Gasteiger charge is 2.17. The average Bonchev–Trinajstić information content (AvgIpc) is 3.32. The lowest BCUT2D eigenvalue weighted by atomic mass is 10.1. The maximum atomic E-state index is 12.8. The molecule has 0 aliphatic rings. The van der Waals surface area contributed by atoms with Crippen LogP contribution in [-0.2, 0) is 23.8 Å². The van der Waals surface area contributed by atoms with Gasteiger partial charge in [0.15, 0.2) is 6.10 Å². The number of allylic oxidation sites excluding steroid dienone is 12. The van der Waals surface area contributed by atoms with Gasteiger partial charge in [-0.25, -0.2) is 0 Å². The average molecular weight is 922 g/mol. The van der Waals surface area contributed by atoms with Crippen molar-refractivity contribution in [3.8, 4) is 0 Å². The van der Waals surface area contributed by atoms with E-state index in [9.17, 15) is 9.59 Å². The van der Waals surface area contributed by atoms with Crippen molar-refractivity contribution in [2.24, 2.45) is 0 Å². The highest BCUT2D eigenvalue weighted by molar-refractivity contribution is 5.70. The zero-order valence-corrected chi connectivity index (χ0v) is 44.0. The van der Waals surface area contributed by atoms with Crippen LogP contribution >= 0.6 is 0 Å². The van der Waals surface area contributed by atoms with E-state index in [1.807, 2.05) is 0 Å². The van der Waals surface area contributed by atoms with Gasteiger partial charge in [0.25, 0.3) is 0 Å². The monoisotopic (exact) mass is 921 g/mol. The molecular formula is C61H108O5. The SMILES string of the molecule is CC/C=C\C/C=C\C/C=C\CCCCCCOCC(COC(=O)CCCCCCCCCCC/C=C\C/C=C\CCCCC)OC(=O)CCCCCCCCC/C=C\CCCCCCCC. The van der Waals surface area contributed by atoms with E-state index in [0.29, 0.717) is 19.4 Å². The molecule has 5 nitrogen and oxygen atoms in total. The van der Waals surface area contributed by atoms with Crippen molar-refractivity contribution in [2.75, 3.05) is 19.8 Å². The number of ether oxygens (including phenoxy) is 3. The molecule has 0 spiro atoms. The van der Waals surface area contributed by atoms with Gasteiger partial charge in [0.1, 0.15) is 6.61 Å².